The SMILES string of the molecule is O=C(Cc1cccc(F)c1)N1CCC(Cc2nncn2CC2CC2)CC1. The van der Waals surface area contributed by atoms with Crippen molar-refractivity contribution in [2.24, 2.45) is 11.8 Å². The minimum Gasteiger partial charge on any atom is -0.342 e. The van der Waals surface area contributed by atoms with Gasteiger partial charge in [-0.2, -0.15) is 0 Å². The van der Waals surface area contributed by atoms with E-state index in [0.29, 0.717) is 5.92 Å². The number of hydrogen-bond donors (Lipinski definition) is 0. The van der Waals surface area contributed by atoms with E-state index in [1.54, 1.807) is 12.1 Å². The Morgan fingerprint density at radius 2 is 1.96 bits per heavy atom. The van der Waals surface area contributed by atoms with Gasteiger partial charge < -0.3 is 9.47 Å². The summed E-state index contributed by atoms with van der Waals surface area (Å²) >= 11 is 0. The Morgan fingerprint density at radius 1 is 1.15 bits per heavy atom. The number of rotatable bonds is 6. The largest absolute Gasteiger partial charge is 0.342 e. The lowest BCUT2D eigenvalue weighted by molar-refractivity contribution is -0.131. The summed E-state index contributed by atoms with van der Waals surface area (Å²) in [5.74, 6) is 2.25. The van der Waals surface area contributed by atoms with E-state index in [1.807, 2.05) is 11.2 Å². The third kappa shape index (κ3) is 4.29. The fourth-order valence-electron chi connectivity index (χ4n) is 3.75. The molecule has 1 aromatic carbocycles. The summed E-state index contributed by atoms with van der Waals surface area (Å²) in [6, 6.07) is 6.31. The Bertz CT molecular complexity index is 763. The summed E-state index contributed by atoms with van der Waals surface area (Å²) in [5.41, 5.74) is 0.741. The van der Waals surface area contributed by atoms with Crippen LogP contribution in [0.4, 0.5) is 4.39 Å². The topological polar surface area (TPSA) is 51.0 Å². The van der Waals surface area contributed by atoms with Crippen LogP contribution in [-0.4, -0.2) is 38.7 Å². The third-order valence-electron chi connectivity index (χ3n) is 5.53. The van der Waals surface area contributed by atoms with Crippen LogP contribution in [0.25, 0.3) is 0 Å². The first-order valence-electron chi connectivity index (χ1n) is 9.56. The van der Waals surface area contributed by atoms with Crippen LogP contribution in [0.5, 0.6) is 0 Å². The van der Waals surface area contributed by atoms with Crippen LogP contribution in [0.3, 0.4) is 0 Å². The van der Waals surface area contributed by atoms with E-state index in [2.05, 4.69) is 14.8 Å². The summed E-state index contributed by atoms with van der Waals surface area (Å²) in [5, 5.41) is 8.39. The maximum atomic E-state index is 13.3. The van der Waals surface area contributed by atoms with E-state index in [4.69, 9.17) is 0 Å². The number of piperidine rings is 1. The average Bonchev–Trinajstić information content (AvgIpc) is 3.35. The fraction of sp³-hybridized carbons (Fsp3) is 0.550. The van der Waals surface area contributed by atoms with Crippen molar-refractivity contribution in [1.29, 1.82) is 0 Å². The maximum Gasteiger partial charge on any atom is 0.226 e. The number of halogens is 1. The fourth-order valence-corrected chi connectivity index (χ4v) is 3.75. The molecule has 5 nitrogen and oxygen atoms in total. The highest BCUT2D eigenvalue weighted by molar-refractivity contribution is 5.78. The van der Waals surface area contributed by atoms with Gasteiger partial charge in [-0.05, 0) is 55.2 Å². The Morgan fingerprint density at radius 3 is 2.69 bits per heavy atom. The van der Waals surface area contributed by atoms with Gasteiger partial charge in [0.15, 0.2) is 0 Å². The first kappa shape index (κ1) is 17.2. The number of carbonyl (C=O) groups is 1. The van der Waals surface area contributed by atoms with Gasteiger partial charge in [-0.15, -0.1) is 10.2 Å². The molecule has 138 valence electrons. The molecule has 4 rings (SSSR count). The van der Waals surface area contributed by atoms with Crippen LogP contribution in [0.1, 0.15) is 37.1 Å². The number of nitrogens with zero attached hydrogens (tertiary/aromatic N) is 4. The van der Waals surface area contributed by atoms with Crippen molar-refractivity contribution in [2.75, 3.05) is 13.1 Å². The van der Waals surface area contributed by atoms with Gasteiger partial charge in [0.2, 0.25) is 5.91 Å². The minimum atomic E-state index is -0.288. The van der Waals surface area contributed by atoms with Gasteiger partial charge in [0.1, 0.15) is 18.0 Å². The minimum absolute atomic E-state index is 0.0888. The zero-order valence-electron chi connectivity index (χ0n) is 15.0. The molecule has 0 bridgehead atoms. The van der Waals surface area contributed by atoms with Crippen molar-refractivity contribution in [3.63, 3.8) is 0 Å². The second-order valence-corrected chi connectivity index (χ2v) is 7.68. The zero-order chi connectivity index (χ0) is 17.9. The van der Waals surface area contributed by atoms with Crippen molar-refractivity contribution < 1.29 is 9.18 Å². The van der Waals surface area contributed by atoms with E-state index in [0.717, 1.165) is 56.2 Å². The Labute approximate surface area is 153 Å². The Hall–Kier alpha value is -2.24. The predicted molar refractivity (Wildman–Crippen MR) is 95.9 cm³/mol. The Kier molecular flexibility index (Phi) is 5.00. The van der Waals surface area contributed by atoms with Crippen molar-refractivity contribution in [3.05, 3.63) is 47.8 Å². The lowest BCUT2D eigenvalue weighted by atomic mass is 9.93. The number of likely N-dealkylation sites (tertiary alicyclic amines) is 1. The number of amides is 1. The molecular formula is C20H25FN4O. The highest BCUT2D eigenvalue weighted by atomic mass is 19.1. The van der Waals surface area contributed by atoms with Gasteiger partial charge in [0.25, 0.3) is 0 Å². The maximum absolute atomic E-state index is 13.3. The zero-order valence-corrected chi connectivity index (χ0v) is 15.0. The van der Waals surface area contributed by atoms with Gasteiger partial charge in [0, 0.05) is 26.1 Å². The molecule has 2 aliphatic rings. The molecular weight excluding hydrogens is 331 g/mol. The summed E-state index contributed by atoms with van der Waals surface area (Å²) in [6.45, 7) is 2.60. The summed E-state index contributed by atoms with van der Waals surface area (Å²) in [4.78, 5) is 14.4. The summed E-state index contributed by atoms with van der Waals surface area (Å²) in [7, 11) is 0. The van der Waals surface area contributed by atoms with Crippen LogP contribution < -0.4 is 0 Å². The number of benzene rings is 1. The number of aromatic nitrogens is 3. The quantitative estimate of drug-likeness (QED) is 0.800. The molecule has 0 radical (unpaired) electrons. The van der Waals surface area contributed by atoms with E-state index in [1.165, 1.54) is 25.0 Å². The molecule has 0 atom stereocenters. The lowest BCUT2D eigenvalue weighted by Gasteiger charge is -2.32. The molecule has 2 aromatic rings. The van der Waals surface area contributed by atoms with Crippen molar-refractivity contribution in [1.82, 2.24) is 19.7 Å². The lowest BCUT2D eigenvalue weighted by Crippen LogP contribution is -2.39. The molecule has 26 heavy (non-hydrogen) atoms. The highest BCUT2D eigenvalue weighted by Gasteiger charge is 2.26. The molecule has 1 saturated heterocycles. The van der Waals surface area contributed by atoms with Crippen LogP contribution in [0.15, 0.2) is 30.6 Å². The molecule has 0 spiro atoms. The predicted octanol–water partition coefficient (Wildman–Crippen LogP) is 2.85. The van der Waals surface area contributed by atoms with Gasteiger partial charge in [0.05, 0.1) is 6.42 Å². The standard InChI is InChI=1S/C20H25FN4O/c21-18-3-1-2-17(10-18)12-20(26)24-8-6-15(7-9-24)11-19-23-22-14-25(19)13-16-4-5-16/h1-3,10,14-16H,4-9,11-13H2. The summed E-state index contributed by atoms with van der Waals surface area (Å²) in [6.07, 6.45) is 7.70. The van der Waals surface area contributed by atoms with Gasteiger partial charge in [-0.1, -0.05) is 12.1 Å². The van der Waals surface area contributed by atoms with Crippen LogP contribution in [0, 0.1) is 17.7 Å². The van der Waals surface area contributed by atoms with Crippen LogP contribution >= 0.6 is 0 Å². The van der Waals surface area contributed by atoms with Crippen LogP contribution in [-0.2, 0) is 24.2 Å². The van der Waals surface area contributed by atoms with Crippen molar-refractivity contribution >= 4 is 5.91 Å². The van der Waals surface area contributed by atoms with E-state index >= 15 is 0 Å². The molecule has 1 aromatic heterocycles. The molecule has 2 fully saturated rings. The number of hydrogen-bond acceptors (Lipinski definition) is 3. The van der Waals surface area contributed by atoms with Gasteiger partial charge in [-0.3, -0.25) is 4.79 Å². The van der Waals surface area contributed by atoms with E-state index in [-0.39, 0.29) is 18.1 Å². The van der Waals surface area contributed by atoms with E-state index < -0.39 is 0 Å². The Balaban J connectivity index is 1.27. The average molecular weight is 356 g/mol. The normalized spacial score (nSPS) is 18.3. The first-order chi connectivity index (χ1) is 12.7. The van der Waals surface area contributed by atoms with Gasteiger partial charge >= 0.3 is 0 Å². The molecule has 1 aliphatic heterocycles. The second-order valence-electron chi connectivity index (χ2n) is 7.68. The van der Waals surface area contributed by atoms with Crippen LogP contribution in [0.2, 0.25) is 0 Å². The van der Waals surface area contributed by atoms with Crippen molar-refractivity contribution in [3.8, 4) is 0 Å². The van der Waals surface area contributed by atoms with E-state index in [9.17, 15) is 9.18 Å². The molecule has 0 N–H and O–H groups in total. The molecule has 6 heteroatoms. The third-order valence-corrected chi connectivity index (χ3v) is 5.53. The molecule has 0 unspecified atom stereocenters. The first-order valence-corrected chi connectivity index (χ1v) is 9.56. The molecule has 1 amide bonds. The summed E-state index contributed by atoms with van der Waals surface area (Å²) < 4.78 is 15.5. The van der Waals surface area contributed by atoms with Crippen molar-refractivity contribution in [2.45, 2.75) is 45.1 Å². The molecule has 1 aliphatic carbocycles. The highest BCUT2D eigenvalue weighted by Crippen LogP contribution is 2.31. The second kappa shape index (κ2) is 7.56. The smallest absolute Gasteiger partial charge is 0.226 e. The monoisotopic (exact) mass is 356 g/mol. The molecule has 2 heterocycles. The molecule has 1 saturated carbocycles. The van der Waals surface area contributed by atoms with Gasteiger partial charge in [-0.25, -0.2) is 4.39 Å². The number of carbonyl (C=O) groups excluding carboxylic acids is 1.